The summed E-state index contributed by atoms with van der Waals surface area (Å²) in [6, 6.07) is 8.57. The Morgan fingerprint density at radius 2 is 2.00 bits per heavy atom. The molecule has 0 aliphatic rings. The minimum Gasteiger partial charge on any atom is -0.340 e. The first-order chi connectivity index (χ1) is 8.58. The van der Waals surface area contributed by atoms with Crippen LogP contribution in [0, 0.1) is 0 Å². The molecular formula is C13H10Cl2N2O. The van der Waals surface area contributed by atoms with Gasteiger partial charge in [0.1, 0.15) is 5.82 Å². The van der Waals surface area contributed by atoms with Crippen molar-refractivity contribution < 1.29 is 4.79 Å². The van der Waals surface area contributed by atoms with Crippen LogP contribution in [0.4, 0.5) is 11.5 Å². The number of ketones is 1. The molecule has 0 aliphatic carbocycles. The third-order valence-electron chi connectivity index (χ3n) is 2.37. The molecule has 1 heterocycles. The number of hydrogen-bond donors (Lipinski definition) is 1. The second-order valence-electron chi connectivity index (χ2n) is 3.71. The van der Waals surface area contributed by atoms with E-state index in [0.717, 1.165) is 5.69 Å². The van der Waals surface area contributed by atoms with Crippen molar-refractivity contribution in [3.63, 3.8) is 0 Å². The maximum absolute atomic E-state index is 11.5. The van der Waals surface area contributed by atoms with Gasteiger partial charge in [0.2, 0.25) is 0 Å². The van der Waals surface area contributed by atoms with Gasteiger partial charge in [0.05, 0.1) is 15.6 Å². The minimum atomic E-state index is -0.0503. The van der Waals surface area contributed by atoms with Crippen LogP contribution in [-0.2, 0) is 0 Å². The average Bonchev–Trinajstić information content (AvgIpc) is 2.34. The van der Waals surface area contributed by atoms with Gasteiger partial charge in [-0.2, -0.15) is 0 Å². The van der Waals surface area contributed by atoms with Crippen molar-refractivity contribution in [2.45, 2.75) is 6.92 Å². The molecule has 0 radical (unpaired) electrons. The summed E-state index contributed by atoms with van der Waals surface area (Å²) in [6.45, 7) is 1.50. The van der Waals surface area contributed by atoms with Gasteiger partial charge in [-0.15, -0.1) is 0 Å². The summed E-state index contributed by atoms with van der Waals surface area (Å²) in [6.07, 6.45) is 1.62. The Kier molecular flexibility index (Phi) is 3.84. The molecule has 1 N–H and O–H groups in total. The first-order valence-electron chi connectivity index (χ1n) is 5.26. The van der Waals surface area contributed by atoms with E-state index in [4.69, 9.17) is 23.2 Å². The molecule has 0 saturated heterocycles. The molecule has 0 unspecified atom stereocenters. The van der Waals surface area contributed by atoms with Gasteiger partial charge in [-0.1, -0.05) is 23.2 Å². The highest BCUT2D eigenvalue weighted by Crippen LogP contribution is 2.27. The number of carbonyl (C=O) groups is 1. The number of rotatable bonds is 3. The zero-order valence-electron chi connectivity index (χ0n) is 9.58. The van der Waals surface area contributed by atoms with Gasteiger partial charge >= 0.3 is 0 Å². The van der Waals surface area contributed by atoms with Crippen LogP contribution in [0.2, 0.25) is 10.0 Å². The van der Waals surface area contributed by atoms with Gasteiger partial charge in [-0.3, -0.25) is 4.79 Å². The number of Topliss-reactive ketones (excluding diaryl/α,β-unsaturated/α-hetero) is 1. The minimum absolute atomic E-state index is 0.0503. The quantitative estimate of drug-likeness (QED) is 0.851. The Labute approximate surface area is 115 Å². The Bertz CT molecular complexity index is 599. The van der Waals surface area contributed by atoms with Crippen LogP contribution in [0.5, 0.6) is 0 Å². The summed E-state index contributed by atoms with van der Waals surface area (Å²) in [4.78, 5) is 15.6. The maximum Gasteiger partial charge on any atom is 0.163 e. The largest absolute Gasteiger partial charge is 0.340 e. The summed E-state index contributed by atoms with van der Waals surface area (Å²) >= 11 is 11.8. The molecule has 1 aromatic heterocycles. The van der Waals surface area contributed by atoms with Crippen LogP contribution >= 0.6 is 23.2 Å². The molecule has 5 heteroatoms. The topological polar surface area (TPSA) is 42.0 Å². The maximum atomic E-state index is 11.5. The molecule has 0 amide bonds. The Morgan fingerprint density at radius 1 is 1.22 bits per heavy atom. The van der Waals surface area contributed by atoms with Gasteiger partial charge in [0, 0.05) is 11.9 Å². The zero-order chi connectivity index (χ0) is 13.1. The van der Waals surface area contributed by atoms with E-state index in [9.17, 15) is 4.79 Å². The number of halogens is 2. The summed E-state index contributed by atoms with van der Waals surface area (Å²) in [5.41, 5.74) is 1.26. The summed E-state index contributed by atoms with van der Waals surface area (Å²) < 4.78 is 0. The Hall–Kier alpha value is -1.58. The number of hydrogen-bond acceptors (Lipinski definition) is 3. The molecule has 0 fully saturated rings. The van der Waals surface area contributed by atoms with Crippen LogP contribution in [0.15, 0.2) is 36.5 Å². The van der Waals surface area contributed by atoms with Crippen molar-refractivity contribution in [2.24, 2.45) is 0 Å². The monoisotopic (exact) mass is 280 g/mol. The second kappa shape index (κ2) is 5.38. The van der Waals surface area contributed by atoms with Crippen LogP contribution in [0.3, 0.4) is 0 Å². The van der Waals surface area contributed by atoms with Crippen LogP contribution < -0.4 is 5.32 Å². The summed E-state index contributed by atoms with van der Waals surface area (Å²) in [5.74, 6) is 0.453. The lowest BCUT2D eigenvalue weighted by Crippen LogP contribution is -2.02. The standard InChI is InChI=1S/C13H10Cl2N2O/c1-8(18)10-3-2-6-16-13(10)17-9-4-5-11(14)12(15)7-9/h2-7H,1H3,(H,16,17). The predicted molar refractivity (Wildman–Crippen MR) is 74.0 cm³/mol. The molecule has 2 aromatic rings. The van der Waals surface area contributed by atoms with Crippen LogP contribution in [0.1, 0.15) is 17.3 Å². The van der Waals surface area contributed by atoms with Crippen molar-refractivity contribution in [1.29, 1.82) is 0 Å². The SMILES string of the molecule is CC(=O)c1cccnc1Nc1ccc(Cl)c(Cl)c1. The van der Waals surface area contributed by atoms with E-state index in [1.54, 1.807) is 36.5 Å². The Morgan fingerprint density at radius 3 is 2.67 bits per heavy atom. The van der Waals surface area contributed by atoms with Crippen molar-refractivity contribution in [3.8, 4) is 0 Å². The smallest absolute Gasteiger partial charge is 0.163 e. The number of anilines is 2. The Balaban J connectivity index is 2.34. The predicted octanol–water partition coefficient (Wildman–Crippen LogP) is 4.33. The molecule has 2 rings (SSSR count). The van der Waals surface area contributed by atoms with Gasteiger partial charge in [-0.25, -0.2) is 4.98 Å². The average molecular weight is 281 g/mol. The highest BCUT2D eigenvalue weighted by Gasteiger charge is 2.08. The highest BCUT2D eigenvalue weighted by molar-refractivity contribution is 6.42. The third-order valence-corrected chi connectivity index (χ3v) is 3.11. The molecule has 0 aliphatic heterocycles. The van der Waals surface area contributed by atoms with Gasteiger partial charge in [0.15, 0.2) is 5.78 Å². The number of nitrogens with one attached hydrogen (secondary N) is 1. The van der Waals surface area contributed by atoms with E-state index < -0.39 is 0 Å². The van der Waals surface area contributed by atoms with Gasteiger partial charge < -0.3 is 5.32 Å². The normalized spacial score (nSPS) is 10.2. The van der Waals surface area contributed by atoms with E-state index in [0.29, 0.717) is 21.4 Å². The van der Waals surface area contributed by atoms with E-state index >= 15 is 0 Å². The highest BCUT2D eigenvalue weighted by atomic mass is 35.5. The zero-order valence-corrected chi connectivity index (χ0v) is 11.1. The lowest BCUT2D eigenvalue weighted by molar-refractivity contribution is 0.101. The van der Waals surface area contributed by atoms with E-state index in [1.165, 1.54) is 6.92 Å². The number of carbonyl (C=O) groups excluding carboxylic acids is 1. The van der Waals surface area contributed by atoms with Crippen molar-refractivity contribution in [2.75, 3.05) is 5.32 Å². The van der Waals surface area contributed by atoms with E-state index in [2.05, 4.69) is 10.3 Å². The molecule has 92 valence electrons. The molecule has 18 heavy (non-hydrogen) atoms. The fourth-order valence-electron chi connectivity index (χ4n) is 1.50. The molecule has 0 bridgehead atoms. The molecule has 3 nitrogen and oxygen atoms in total. The molecule has 0 spiro atoms. The van der Waals surface area contributed by atoms with E-state index in [-0.39, 0.29) is 5.78 Å². The van der Waals surface area contributed by atoms with Crippen molar-refractivity contribution >= 4 is 40.5 Å². The molecule has 0 atom stereocenters. The molecule has 0 saturated carbocycles. The van der Waals surface area contributed by atoms with Crippen LogP contribution in [0.25, 0.3) is 0 Å². The van der Waals surface area contributed by atoms with E-state index in [1.807, 2.05) is 0 Å². The second-order valence-corrected chi connectivity index (χ2v) is 4.52. The fraction of sp³-hybridized carbons (Fsp3) is 0.0769. The van der Waals surface area contributed by atoms with Gasteiger partial charge in [-0.05, 0) is 37.3 Å². The third kappa shape index (κ3) is 2.81. The van der Waals surface area contributed by atoms with Crippen molar-refractivity contribution in [3.05, 3.63) is 52.1 Å². The fourth-order valence-corrected chi connectivity index (χ4v) is 1.80. The first kappa shape index (κ1) is 12.9. The number of aromatic nitrogens is 1. The first-order valence-corrected chi connectivity index (χ1v) is 6.01. The summed E-state index contributed by atoms with van der Waals surface area (Å²) in [5, 5.41) is 3.97. The van der Waals surface area contributed by atoms with Crippen molar-refractivity contribution in [1.82, 2.24) is 4.98 Å². The van der Waals surface area contributed by atoms with Gasteiger partial charge in [0.25, 0.3) is 0 Å². The number of benzene rings is 1. The molecular weight excluding hydrogens is 271 g/mol. The lowest BCUT2D eigenvalue weighted by atomic mass is 10.2. The lowest BCUT2D eigenvalue weighted by Gasteiger charge is -2.09. The van der Waals surface area contributed by atoms with Crippen LogP contribution in [-0.4, -0.2) is 10.8 Å². The molecule has 1 aromatic carbocycles. The number of nitrogens with zero attached hydrogens (tertiary/aromatic N) is 1. The summed E-state index contributed by atoms with van der Waals surface area (Å²) in [7, 11) is 0. The number of pyridine rings is 1.